The number of rotatable bonds is 4. The van der Waals surface area contributed by atoms with Crippen LogP contribution in [0.15, 0.2) is 24.4 Å². The summed E-state index contributed by atoms with van der Waals surface area (Å²) in [4.78, 5) is 31.4. The molecule has 7 heteroatoms. The summed E-state index contributed by atoms with van der Waals surface area (Å²) in [7, 11) is 1.93. The topological polar surface area (TPSA) is 83.0 Å². The number of nitrogens with zero attached hydrogens (tertiary/aromatic N) is 3. The number of aromatic nitrogens is 3. The van der Waals surface area contributed by atoms with Crippen molar-refractivity contribution in [2.45, 2.75) is 64.3 Å². The third-order valence-electron chi connectivity index (χ3n) is 8.32. The molecule has 0 bridgehead atoms. The number of likely N-dealkylation sites (tertiary alicyclic amines) is 1. The quantitative estimate of drug-likeness (QED) is 0.613. The molecule has 178 valence electrons. The van der Waals surface area contributed by atoms with E-state index < -0.39 is 0 Å². The number of benzene rings is 1. The van der Waals surface area contributed by atoms with Crippen molar-refractivity contribution in [2.24, 2.45) is 12.5 Å². The summed E-state index contributed by atoms with van der Waals surface area (Å²) in [6.07, 6.45) is 8.04. The Bertz CT molecular complexity index is 1280. The molecule has 0 radical (unpaired) electrons. The van der Waals surface area contributed by atoms with Crippen LogP contribution >= 0.6 is 0 Å². The molecular formula is C27H33N5O2. The Morgan fingerprint density at radius 3 is 2.56 bits per heavy atom. The lowest BCUT2D eigenvalue weighted by Gasteiger charge is -2.52. The van der Waals surface area contributed by atoms with E-state index in [9.17, 15) is 9.59 Å². The van der Waals surface area contributed by atoms with Crippen molar-refractivity contribution in [1.82, 2.24) is 25.0 Å². The first-order valence-corrected chi connectivity index (χ1v) is 12.5. The van der Waals surface area contributed by atoms with E-state index in [1.165, 1.54) is 11.1 Å². The molecule has 3 heterocycles. The lowest BCUT2D eigenvalue weighted by molar-refractivity contribution is 0.00845. The molecule has 7 nitrogen and oxygen atoms in total. The molecule has 2 aliphatic carbocycles. The number of fused-ring (bicyclic) bond motifs is 1. The molecule has 2 aromatic heterocycles. The number of hydrogen-bond acceptors (Lipinski definition) is 3. The highest BCUT2D eigenvalue weighted by molar-refractivity contribution is 5.99. The van der Waals surface area contributed by atoms with Crippen molar-refractivity contribution in [3.05, 3.63) is 52.5 Å². The van der Waals surface area contributed by atoms with Gasteiger partial charge in [0.05, 0.1) is 17.5 Å². The third-order valence-corrected chi connectivity index (χ3v) is 8.32. The van der Waals surface area contributed by atoms with Gasteiger partial charge in [-0.2, -0.15) is 5.10 Å². The first-order valence-electron chi connectivity index (χ1n) is 12.5. The molecule has 2 saturated carbocycles. The highest BCUT2D eigenvalue weighted by atomic mass is 16.2. The second kappa shape index (κ2) is 7.72. The first-order chi connectivity index (χ1) is 16.3. The molecule has 1 aliphatic heterocycles. The standard InChI is InChI=1S/C27H33N5O2/c1-16-10-17(2)20-12-23(30-22(20)11-16)26(34)32-8-6-27(7-9-32)13-19(14-27)29-25(33)21-15-28-31(3)24(21)18-4-5-18/h10-12,15,18-19,30H,4-9,13-14H2,1-3H3,(H,29,33). The Labute approximate surface area is 199 Å². The summed E-state index contributed by atoms with van der Waals surface area (Å²) < 4.78 is 1.86. The van der Waals surface area contributed by atoms with Gasteiger partial charge in [-0.15, -0.1) is 0 Å². The zero-order valence-electron chi connectivity index (χ0n) is 20.3. The minimum Gasteiger partial charge on any atom is -0.351 e. The van der Waals surface area contributed by atoms with Crippen molar-refractivity contribution in [3.8, 4) is 0 Å². The first kappa shape index (κ1) is 21.4. The molecule has 1 spiro atoms. The fourth-order valence-corrected chi connectivity index (χ4v) is 6.29. The highest BCUT2D eigenvalue weighted by Crippen LogP contribution is 2.49. The second-order valence-electron chi connectivity index (χ2n) is 10.9. The number of hydrogen-bond donors (Lipinski definition) is 2. The van der Waals surface area contributed by atoms with Gasteiger partial charge in [-0.25, -0.2) is 0 Å². The predicted molar refractivity (Wildman–Crippen MR) is 131 cm³/mol. The van der Waals surface area contributed by atoms with Gasteiger partial charge in [-0.05, 0) is 81.0 Å². The van der Waals surface area contributed by atoms with Crippen LogP contribution in [0.25, 0.3) is 10.9 Å². The van der Waals surface area contributed by atoms with Crippen LogP contribution in [0.4, 0.5) is 0 Å². The van der Waals surface area contributed by atoms with Gasteiger partial charge in [0.15, 0.2) is 0 Å². The molecule has 6 rings (SSSR count). The summed E-state index contributed by atoms with van der Waals surface area (Å²) >= 11 is 0. The molecule has 0 unspecified atom stereocenters. The summed E-state index contributed by atoms with van der Waals surface area (Å²) in [5, 5.41) is 8.69. The van der Waals surface area contributed by atoms with Crippen molar-refractivity contribution in [1.29, 1.82) is 0 Å². The molecule has 2 N–H and O–H groups in total. The maximum Gasteiger partial charge on any atom is 0.270 e. The Balaban J connectivity index is 1.05. The smallest absolute Gasteiger partial charge is 0.270 e. The molecule has 3 aliphatic rings. The Hall–Kier alpha value is -3.09. The number of aryl methyl sites for hydroxylation is 3. The maximum absolute atomic E-state index is 13.2. The lowest BCUT2D eigenvalue weighted by Crippen LogP contribution is -2.55. The minimum atomic E-state index is 0.0202. The van der Waals surface area contributed by atoms with Crippen molar-refractivity contribution < 1.29 is 9.59 Å². The summed E-state index contributed by atoms with van der Waals surface area (Å²) in [6, 6.07) is 6.48. The zero-order chi connectivity index (χ0) is 23.6. The van der Waals surface area contributed by atoms with Gasteiger partial charge < -0.3 is 15.2 Å². The molecule has 2 amide bonds. The number of aromatic amines is 1. The zero-order valence-corrected chi connectivity index (χ0v) is 20.3. The van der Waals surface area contributed by atoms with E-state index >= 15 is 0 Å². The van der Waals surface area contributed by atoms with Crippen LogP contribution in [0.2, 0.25) is 0 Å². The van der Waals surface area contributed by atoms with Gasteiger partial charge >= 0.3 is 0 Å². The fourth-order valence-electron chi connectivity index (χ4n) is 6.29. The van der Waals surface area contributed by atoms with Crippen LogP contribution < -0.4 is 5.32 Å². The fraction of sp³-hybridized carbons (Fsp3) is 0.519. The SMILES string of the molecule is Cc1cc(C)c2cc(C(=O)N3CCC4(CC3)CC(NC(=O)c3cnn(C)c3C3CC3)C4)[nH]c2c1. The molecular weight excluding hydrogens is 426 g/mol. The van der Waals surface area contributed by atoms with Crippen molar-refractivity contribution in [2.75, 3.05) is 13.1 Å². The van der Waals surface area contributed by atoms with Crippen molar-refractivity contribution >= 4 is 22.7 Å². The maximum atomic E-state index is 13.2. The number of piperidine rings is 1. The number of H-pyrrole nitrogens is 1. The molecule has 1 saturated heterocycles. The lowest BCUT2D eigenvalue weighted by atomic mass is 9.60. The normalized spacial score (nSPS) is 20.0. The van der Waals surface area contributed by atoms with Gasteiger partial charge in [0, 0.05) is 43.0 Å². The second-order valence-corrected chi connectivity index (χ2v) is 10.9. The Morgan fingerprint density at radius 1 is 1.12 bits per heavy atom. The van der Waals surface area contributed by atoms with E-state index in [4.69, 9.17) is 0 Å². The molecule has 3 fully saturated rings. The van der Waals surface area contributed by atoms with Gasteiger partial charge in [0.25, 0.3) is 11.8 Å². The monoisotopic (exact) mass is 459 g/mol. The average molecular weight is 460 g/mol. The summed E-state index contributed by atoms with van der Waals surface area (Å²) in [5.74, 6) is 0.608. The molecule has 0 atom stereocenters. The van der Waals surface area contributed by atoms with E-state index in [2.05, 4.69) is 41.4 Å². The predicted octanol–water partition coefficient (Wildman–Crippen LogP) is 4.21. The van der Waals surface area contributed by atoms with Crippen LogP contribution in [0, 0.1) is 19.3 Å². The summed E-state index contributed by atoms with van der Waals surface area (Å²) in [5.41, 5.74) is 6.20. The van der Waals surface area contributed by atoms with Crippen LogP contribution in [0.1, 0.15) is 82.1 Å². The Kier molecular flexibility index (Phi) is 4.87. The van der Waals surface area contributed by atoms with E-state index in [1.54, 1.807) is 6.20 Å². The van der Waals surface area contributed by atoms with E-state index in [0.29, 0.717) is 11.6 Å². The summed E-state index contributed by atoms with van der Waals surface area (Å²) in [6.45, 7) is 5.73. The number of carbonyl (C=O) groups excluding carboxylic acids is 2. The largest absolute Gasteiger partial charge is 0.351 e. The van der Waals surface area contributed by atoms with E-state index in [-0.39, 0.29) is 23.3 Å². The third kappa shape index (κ3) is 3.62. The van der Waals surface area contributed by atoms with Gasteiger partial charge in [-0.1, -0.05) is 6.07 Å². The number of amides is 2. The molecule has 34 heavy (non-hydrogen) atoms. The van der Waals surface area contributed by atoms with Gasteiger partial charge in [0.1, 0.15) is 5.69 Å². The molecule has 3 aromatic rings. The van der Waals surface area contributed by atoms with Crippen LogP contribution in [0.3, 0.4) is 0 Å². The van der Waals surface area contributed by atoms with E-state index in [1.807, 2.05) is 22.7 Å². The van der Waals surface area contributed by atoms with Gasteiger partial charge in [0.2, 0.25) is 0 Å². The van der Waals surface area contributed by atoms with Crippen LogP contribution in [-0.2, 0) is 7.05 Å². The number of carbonyl (C=O) groups is 2. The van der Waals surface area contributed by atoms with Crippen LogP contribution in [-0.4, -0.2) is 50.6 Å². The minimum absolute atomic E-state index is 0.0202. The average Bonchev–Trinajstić information content (AvgIpc) is 3.40. The molecule has 1 aromatic carbocycles. The van der Waals surface area contributed by atoms with Crippen LogP contribution in [0.5, 0.6) is 0 Å². The highest BCUT2D eigenvalue weighted by Gasteiger charge is 2.47. The van der Waals surface area contributed by atoms with E-state index in [0.717, 1.165) is 73.8 Å². The Morgan fingerprint density at radius 2 is 1.85 bits per heavy atom. The van der Waals surface area contributed by atoms with Gasteiger partial charge in [-0.3, -0.25) is 14.3 Å². The van der Waals surface area contributed by atoms with Crippen molar-refractivity contribution in [3.63, 3.8) is 0 Å². The number of nitrogens with one attached hydrogen (secondary N) is 2.